The number of benzene rings is 1. The van der Waals surface area contributed by atoms with Crippen LogP contribution in [-0.4, -0.2) is 21.0 Å². The van der Waals surface area contributed by atoms with E-state index in [0.29, 0.717) is 15.6 Å². The van der Waals surface area contributed by atoms with Crippen LogP contribution in [0.5, 0.6) is 0 Å². The van der Waals surface area contributed by atoms with Crippen LogP contribution >= 0.6 is 23.4 Å². The third-order valence-electron chi connectivity index (χ3n) is 3.32. The first-order chi connectivity index (χ1) is 11.0. The molecule has 4 nitrogen and oxygen atoms in total. The fraction of sp³-hybridized carbons (Fsp3) is 0.118. The van der Waals surface area contributed by atoms with E-state index in [9.17, 15) is 9.59 Å². The van der Waals surface area contributed by atoms with Crippen molar-refractivity contribution >= 4 is 40.6 Å². The molecule has 1 aliphatic heterocycles. The maximum absolute atomic E-state index is 12.4. The van der Waals surface area contributed by atoms with Crippen molar-refractivity contribution in [1.29, 1.82) is 0 Å². The lowest BCUT2D eigenvalue weighted by Crippen LogP contribution is -2.27. The summed E-state index contributed by atoms with van der Waals surface area (Å²) in [6.07, 6.45) is 1.65. The molecule has 1 aromatic carbocycles. The minimum Gasteiger partial charge on any atom is -0.268 e. The summed E-state index contributed by atoms with van der Waals surface area (Å²) in [7, 11) is 0. The molecule has 23 heavy (non-hydrogen) atoms. The quantitative estimate of drug-likeness (QED) is 0.780. The van der Waals surface area contributed by atoms with Crippen molar-refractivity contribution in [2.24, 2.45) is 0 Å². The maximum Gasteiger partial charge on any atom is 0.293 e. The predicted octanol–water partition coefficient (Wildman–Crippen LogP) is 4.28. The molecule has 1 saturated heterocycles. The van der Waals surface area contributed by atoms with Gasteiger partial charge in [0, 0.05) is 10.7 Å². The molecule has 1 aromatic heterocycles. The molecule has 2 amide bonds. The van der Waals surface area contributed by atoms with E-state index < -0.39 is 0 Å². The Labute approximate surface area is 143 Å². The monoisotopic (exact) mass is 344 g/mol. The number of hydrogen-bond acceptors (Lipinski definition) is 4. The van der Waals surface area contributed by atoms with Crippen LogP contribution in [-0.2, 0) is 11.3 Å². The summed E-state index contributed by atoms with van der Waals surface area (Å²) in [4.78, 5) is 30.5. The molecule has 0 atom stereocenters. The van der Waals surface area contributed by atoms with Crippen LogP contribution in [0.25, 0.3) is 6.08 Å². The molecule has 6 heteroatoms. The molecular weight excluding hydrogens is 332 g/mol. The number of thioether (sulfide) groups is 1. The minimum absolute atomic E-state index is 0.237. The molecule has 0 bridgehead atoms. The number of nitrogens with zero attached hydrogens (tertiary/aromatic N) is 2. The van der Waals surface area contributed by atoms with Gasteiger partial charge < -0.3 is 0 Å². The van der Waals surface area contributed by atoms with E-state index in [0.717, 1.165) is 23.0 Å². The first-order valence-electron chi connectivity index (χ1n) is 6.96. The zero-order chi connectivity index (χ0) is 16.4. The average molecular weight is 345 g/mol. The van der Waals surface area contributed by atoms with Crippen LogP contribution in [0.3, 0.4) is 0 Å². The second kappa shape index (κ2) is 6.56. The molecule has 2 aromatic rings. The van der Waals surface area contributed by atoms with Crippen LogP contribution in [0.2, 0.25) is 5.02 Å². The highest BCUT2D eigenvalue weighted by molar-refractivity contribution is 8.18. The number of imide groups is 1. The molecule has 3 rings (SSSR count). The second-order valence-corrected chi connectivity index (χ2v) is 6.53. The van der Waals surface area contributed by atoms with Gasteiger partial charge in [-0.05, 0) is 54.6 Å². The van der Waals surface area contributed by atoms with Crippen molar-refractivity contribution in [3.05, 3.63) is 69.3 Å². The van der Waals surface area contributed by atoms with Gasteiger partial charge in [0.2, 0.25) is 0 Å². The van der Waals surface area contributed by atoms with E-state index in [1.54, 1.807) is 36.4 Å². The Morgan fingerprint density at radius 2 is 1.91 bits per heavy atom. The first-order valence-corrected chi connectivity index (χ1v) is 8.16. The molecule has 0 aliphatic carbocycles. The lowest BCUT2D eigenvalue weighted by atomic mass is 10.2. The molecule has 0 N–H and O–H groups in total. The third-order valence-corrected chi connectivity index (χ3v) is 4.48. The van der Waals surface area contributed by atoms with Crippen molar-refractivity contribution in [2.75, 3.05) is 0 Å². The molecule has 0 saturated carbocycles. The Kier molecular flexibility index (Phi) is 4.50. The van der Waals surface area contributed by atoms with Crippen molar-refractivity contribution in [3.8, 4) is 0 Å². The highest BCUT2D eigenvalue weighted by atomic mass is 35.5. The Morgan fingerprint density at radius 1 is 1.17 bits per heavy atom. The molecule has 2 heterocycles. The van der Waals surface area contributed by atoms with Gasteiger partial charge in [0.15, 0.2) is 0 Å². The fourth-order valence-corrected chi connectivity index (χ4v) is 3.14. The SMILES string of the molecule is Cc1cccc(/C=C2/SC(=O)N(Cc3ccc(Cl)cc3)C2=O)n1. The van der Waals surface area contributed by atoms with Gasteiger partial charge in [-0.1, -0.05) is 29.8 Å². The maximum atomic E-state index is 12.4. The van der Waals surface area contributed by atoms with Gasteiger partial charge in [0.05, 0.1) is 17.1 Å². The van der Waals surface area contributed by atoms with Gasteiger partial charge in [-0.25, -0.2) is 0 Å². The lowest BCUT2D eigenvalue weighted by molar-refractivity contribution is -0.123. The number of aromatic nitrogens is 1. The summed E-state index contributed by atoms with van der Waals surface area (Å²) < 4.78 is 0. The van der Waals surface area contributed by atoms with Crippen LogP contribution in [0.4, 0.5) is 4.79 Å². The number of halogens is 1. The number of aryl methyl sites for hydroxylation is 1. The van der Waals surface area contributed by atoms with E-state index in [1.165, 1.54) is 4.90 Å². The number of carbonyl (C=O) groups is 2. The Hall–Kier alpha value is -2.11. The van der Waals surface area contributed by atoms with Crippen LogP contribution in [0.15, 0.2) is 47.4 Å². The van der Waals surface area contributed by atoms with Crippen LogP contribution in [0.1, 0.15) is 17.0 Å². The Morgan fingerprint density at radius 3 is 2.61 bits per heavy atom. The van der Waals surface area contributed by atoms with Crippen molar-refractivity contribution in [2.45, 2.75) is 13.5 Å². The van der Waals surface area contributed by atoms with Crippen molar-refractivity contribution in [3.63, 3.8) is 0 Å². The zero-order valence-corrected chi connectivity index (χ0v) is 13.9. The molecule has 1 fully saturated rings. The number of hydrogen-bond donors (Lipinski definition) is 0. The zero-order valence-electron chi connectivity index (χ0n) is 12.3. The molecule has 0 unspecified atom stereocenters. The number of rotatable bonds is 3. The van der Waals surface area contributed by atoms with E-state index >= 15 is 0 Å². The van der Waals surface area contributed by atoms with E-state index in [2.05, 4.69) is 4.98 Å². The predicted molar refractivity (Wildman–Crippen MR) is 91.9 cm³/mol. The van der Waals surface area contributed by atoms with Crippen LogP contribution in [0, 0.1) is 6.92 Å². The second-order valence-electron chi connectivity index (χ2n) is 5.10. The number of carbonyl (C=O) groups excluding carboxylic acids is 2. The molecule has 116 valence electrons. The summed E-state index contributed by atoms with van der Waals surface area (Å²) >= 11 is 6.78. The average Bonchev–Trinajstić information content (AvgIpc) is 2.77. The summed E-state index contributed by atoms with van der Waals surface area (Å²) in [5.41, 5.74) is 2.38. The summed E-state index contributed by atoms with van der Waals surface area (Å²) in [5.74, 6) is -0.293. The highest BCUT2D eigenvalue weighted by Gasteiger charge is 2.35. The number of amides is 2. The topological polar surface area (TPSA) is 50.3 Å². The molecular formula is C17H13ClN2O2S. The fourth-order valence-electron chi connectivity index (χ4n) is 2.19. The van der Waals surface area contributed by atoms with Crippen molar-refractivity contribution in [1.82, 2.24) is 9.88 Å². The standard InChI is InChI=1S/C17H13ClN2O2S/c1-11-3-2-4-14(19-11)9-15-16(21)20(17(22)23-15)10-12-5-7-13(18)8-6-12/h2-9H,10H2,1H3/b15-9+. The first kappa shape index (κ1) is 15.8. The minimum atomic E-state index is -0.293. The Bertz CT molecular complexity index is 802. The summed E-state index contributed by atoms with van der Waals surface area (Å²) in [6.45, 7) is 2.12. The van der Waals surface area contributed by atoms with Gasteiger partial charge >= 0.3 is 0 Å². The third kappa shape index (κ3) is 3.63. The summed E-state index contributed by atoms with van der Waals surface area (Å²) in [6, 6.07) is 12.6. The van der Waals surface area contributed by atoms with E-state index in [-0.39, 0.29) is 17.7 Å². The van der Waals surface area contributed by atoms with Gasteiger partial charge in [0.25, 0.3) is 11.1 Å². The van der Waals surface area contributed by atoms with Gasteiger partial charge in [-0.2, -0.15) is 0 Å². The van der Waals surface area contributed by atoms with E-state index in [4.69, 9.17) is 11.6 Å². The van der Waals surface area contributed by atoms with Gasteiger partial charge in [-0.3, -0.25) is 19.5 Å². The van der Waals surface area contributed by atoms with Crippen molar-refractivity contribution < 1.29 is 9.59 Å². The van der Waals surface area contributed by atoms with Crippen LogP contribution < -0.4 is 0 Å². The summed E-state index contributed by atoms with van der Waals surface area (Å²) in [5, 5.41) is 0.345. The van der Waals surface area contributed by atoms with E-state index in [1.807, 2.05) is 19.1 Å². The smallest absolute Gasteiger partial charge is 0.268 e. The normalized spacial score (nSPS) is 16.4. The van der Waals surface area contributed by atoms with Gasteiger partial charge in [-0.15, -0.1) is 0 Å². The molecule has 0 spiro atoms. The van der Waals surface area contributed by atoms with Gasteiger partial charge in [0.1, 0.15) is 0 Å². The largest absolute Gasteiger partial charge is 0.293 e. The Balaban J connectivity index is 1.81. The molecule has 1 aliphatic rings. The number of pyridine rings is 1. The lowest BCUT2D eigenvalue weighted by Gasteiger charge is -2.12. The highest BCUT2D eigenvalue weighted by Crippen LogP contribution is 2.33. The molecule has 0 radical (unpaired) electrons.